The molecule has 1 fully saturated rings. The van der Waals surface area contributed by atoms with Gasteiger partial charge in [-0.1, -0.05) is 13.0 Å². The van der Waals surface area contributed by atoms with Gasteiger partial charge >= 0.3 is 0 Å². The Bertz CT molecular complexity index is 1100. The first-order valence-corrected chi connectivity index (χ1v) is 10.8. The summed E-state index contributed by atoms with van der Waals surface area (Å²) in [5.41, 5.74) is 14.6. The van der Waals surface area contributed by atoms with E-state index in [9.17, 15) is 4.39 Å². The van der Waals surface area contributed by atoms with Gasteiger partial charge in [0.25, 0.3) is 0 Å². The van der Waals surface area contributed by atoms with E-state index in [2.05, 4.69) is 27.3 Å². The number of aromatic nitrogens is 3. The summed E-state index contributed by atoms with van der Waals surface area (Å²) < 4.78 is 16.8. The number of hydrogen-bond acceptors (Lipinski definition) is 6. The van der Waals surface area contributed by atoms with Gasteiger partial charge in [-0.3, -0.25) is 4.68 Å². The molecular formula is C23H30FN7. The Morgan fingerprint density at radius 2 is 2.10 bits per heavy atom. The van der Waals surface area contributed by atoms with Crippen LogP contribution in [-0.2, 0) is 6.54 Å². The summed E-state index contributed by atoms with van der Waals surface area (Å²) in [7, 11) is 0. The number of aryl methyl sites for hydroxylation is 1. The largest absolute Gasteiger partial charge is 0.399 e. The van der Waals surface area contributed by atoms with Gasteiger partial charge in [0.1, 0.15) is 5.82 Å². The summed E-state index contributed by atoms with van der Waals surface area (Å²) in [5.74, 6) is 0.563. The van der Waals surface area contributed by atoms with Crippen molar-refractivity contribution in [1.82, 2.24) is 14.8 Å². The van der Waals surface area contributed by atoms with Crippen LogP contribution in [0, 0.1) is 11.7 Å². The van der Waals surface area contributed by atoms with Gasteiger partial charge in [0.2, 0.25) is 0 Å². The molecule has 31 heavy (non-hydrogen) atoms. The molecule has 0 aliphatic heterocycles. The van der Waals surface area contributed by atoms with E-state index in [1.165, 1.54) is 12.5 Å². The molecule has 0 bridgehead atoms. The number of nitrogens with one attached hydrogen (secondary N) is 2. The molecule has 2 aromatic heterocycles. The third-order valence-electron chi connectivity index (χ3n) is 6.05. The van der Waals surface area contributed by atoms with E-state index in [1.807, 2.05) is 42.9 Å². The van der Waals surface area contributed by atoms with Crippen LogP contribution in [0.3, 0.4) is 0 Å². The Morgan fingerprint density at radius 3 is 2.71 bits per heavy atom. The Hall–Kier alpha value is -3.13. The molecule has 4 rings (SSSR count). The van der Waals surface area contributed by atoms with Crippen molar-refractivity contribution >= 4 is 33.9 Å². The van der Waals surface area contributed by atoms with Crippen molar-refractivity contribution in [1.29, 1.82) is 0 Å². The lowest BCUT2D eigenvalue weighted by Crippen LogP contribution is -2.46. The fourth-order valence-corrected chi connectivity index (χ4v) is 4.12. The fourth-order valence-electron chi connectivity index (χ4n) is 4.12. The predicted molar refractivity (Wildman–Crippen MR) is 125 cm³/mol. The second-order valence-electron chi connectivity index (χ2n) is 8.32. The number of pyridine rings is 1. The first kappa shape index (κ1) is 21.1. The summed E-state index contributed by atoms with van der Waals surface area (Å²) in [5, 5.41) is 11.9. The van der Waals surface area contributed by atoms with Crippen LogP contribution in [0.1, 0.15) is 38.7 Å². The molecule has 7 nitrogen and oxygen atoms in total. The van der Waals surface area contributed by atoms with Crippen molar-refractivity contribution in [2.24, 2.45) is 17.4 Å². The lowest BCUT2D eigenvalue weighted by Gasteiger charge is -2.37. The molecule has 0 saturated heterocycles. The third-order valence-corrected chi connectivity index (χ3v) is 6.05. The Morgan fingerprint density at radius 1 is 1.32 bits per heavy atom. The molecule has 6 N–H and O–H groups in total. The minimum atomic E-state index is -0.475. The Labute approximate surface area is 181 Å². The summed E-state index contributed by atoms with van der Waals surface area (Å²) in [4.78, 5) is 4.54. The number of rotatable bonds is 8. The molecule has 2 atom stereocenters. The molecule has 1 aliphatic carbocycles. The maximum atomic E-state index is 14.9. The number of fused-ring (bicyclic) bond motifs is 1. The van der Waals surface area contributed by atoms with Crippen molar-refractivity contribution in [3.05, 3.63) is 48.4 Å². The fraction of sp³-hybridized carbons (Fsp3) is 0.391. The lowest BCUT2D eigenvalue weighted by atomic mass is 9.77. The molecule has 3 aromatic rings. The molecule has 164 valence electrons. The zero-order valence-electron chi connectivity index (χ0n) is 18.0. The van der Waals surface area contributed by atoms with Gasteiger partial charge in [-0.15, -0.1) is 0 Å². The van der Waals surface area contributed by atoms with Crippen molar-refractivity contribution in [2.75, 3.05) is 10.6 Å². The van der Waals surface area contributed by atoms with E-state index in [0.29, 0.717) is 17.3 Å². The van der Waals surface area contributed by atoms with Gasteiger partial charge in [-0.2, -0.15) is 5.10 Å². The van der Waals surface area contributed by atoms with Gasteiger partial charge in [0, 0.05) is 41.0 Å². The second-order valence-corrected chi connectivity index (χ2v) is 8.32. The van der Waals surface area contributed by atoms with Crippen LogP contribution in [-0.4, -0.2) is 26.8 Å². The van der Waals surface area contributed by atoms with Crippen LogP contribution < -0.4 is 22.1 Å². The third kappa shape index (κ3) is 4.20. The van der Waals surface area contributed by atoms with E-state index in [0.717, 1.165) is 36.0 Å². The standard InChI is InChI=1S/C23H30FN7/c1-4-31-20-9-8-17(10-16(20)12-27-31)28-22-18(13(2)25)11-19(24)23(30-22)29-21(14(3)26)15-6-5-7-15/h8-12,14-15,21H,2,4-7,25-26H2,1,3H3,(H2,28,29,30). The van der Waals surface area contributed by atoms with Gasteiger partial charge in [-0.25, -0.2) is 9.37 Å². The second kappa shape index (κ2) is 8.55. The topological polar surface area (TPSA) is 107 Å². The average molecular weight is 424 g/mol. The van der Waals surface area contributed by atoms with Gasteiger partial charge < -0.3 is 22.1 Å². The molecule has 0 spiro atoms. The van der Waals surface area contributed by atoms with Crippen LogP contribution in [0.15, 0.2) is 37.0 Å². The Kier molecular flexibility index (Phi) is 5.82. The van der Waals surface area contributed by atoms with Gasteiger partial charge in [-0.05, 0) is 56.9 Å². The lowest BCUT2D eigenvalue weighted by molar-refractivity contribution is 0.255. The molecule has 0 radical (unpaired) electrons. The highest BCUT2D eigenvalue weighted by Gasteiger charge is 2.31. The van der Waals surface area contributed by atoms with Crippen molar-refractivity contribution in [3.8, 4) is 0 Å². The molecular weight excluding hydrogens is 393 g/mol. The van der Waals surface area contributed by atoms with E-state index >= 15 is 0 Å². The van der Waals surface area contributed by atoms with Crippen molar-refractivity contribution in [2.45, 2.75) is 51.7 Å². The minimum absolute atomic E-state index is 0.0354. The average Bonchev–Trinajstić information content (AvgIpc) is 3.10. The summed E-state index contributed by atoms with van der Waals surface area (Å²) in [6.45, 7) is 8.56. The maximum absolute atomic E-state index is 14.9. The number of anilines is 3. The SMILES string of the molecule is C=C(N)c1cc(F)c(NC(C(C)N)C2CCC2)nc1Nc1ccc2c(cnn2CC)c1. The predicted octanol–water partition coefficient (Wildman–Crippen LogP) is 4.19. The van der Waals surface area contributed by atoms with E-state index < -0.39 is 5.82 Å². The molecule has 1 saturated carbocycles. The number of hydrogen-bond donors (Lipinski definition) is 4. The number of nitrogens with two attached hydrogens (primary N) is 2. The van der Waals surface area contributed by atoms with Crippen molar-refractivity contribution in [3.63, 3.8) is 0 Å². The van der Waals surface area contributed by atoms with Crippen LogP contribution in [0.4, 0.5) is 21.7 Å². The quantitative estimate of drug-likeness (QED) is 0.433. The van der Waals surface area contributed by atoms with Crippen LogP contribution in [0.25, 0.3) is 16.6 Å². The highest BCUT2D eigenvalue weighted by Crippen LogP contribution is 2.34. The van der Waals surface area contributed by atoms with E-state index in [-0.39, 0.29) is 23.6 Å². The van der Waals surface area contributed by atoms with Gasteiger partial charge in [0.05, 0.1) is 11.7 Å². The summed E-state index contributed by atoms with van der Waals surface area (Å²) >= 11 is 0. The smallest absolute Gasteiger partial charge is 0.166 e. The minimum Gasteiger partial charge on any atom is -0.399 e. The Balaban J connectivity index is 1.67. The van der Waals surface area contributed by atoms with Crippen LogP contribution in [0.2, 0.25) is 0 Å². The molecule has 2 heterocycles. The highest BCUT2D eigenvalue weighted by atomic mass is 19.1. The monoisotopic (exact) mass is 423 g/mol. The highest BCUT2D eigenvalue weighted by molar-refractivity contribution is 5.84. The first-order valence-electron chi connectivity index (χ1n) is 10.8. The van der Waals surface area contributed by atoms with E-state index in [4.69, 9.17) is 11.5 Å². The summed E-state index contributed by atoms with van der Waals surface area (Å²) in [6, 6.07) is 7.13. The van der Waals surface area contributed by atoms with E-state index in [1.54, 1.807) is 0 Å². The molecule has 8 heteroatoms. The molecule has 1 aromatic carbocycles. The summed E-state index contributed by atoms with van der Waals surface area (Å²) in [6.07, 6.45) is 5.19. The van der Waals surface area contributed by atoms with Crippen LogP contribution >= 0.6 is 0 Å². The normalized spacial score (nSPS) is 16.0. The van der Waals surface area contributed by atoms with Gasteiger partial charge in [0.15, 0.2) is 11.6 Å². The molecule has 0 amide bonds. The number of halogens is 1. The zero-order chi connectivity index (χ0) is 22.1. The zero-order valence-corrected chi connectivity index (χ0v) is 18.0. The maximum Gasteiger partial charge on any atom is 0.166 e. The molecule has 2 unspecified atom stereocenters. The number of nitrogens with zero attached hydrogens (tertiary/aromatic N) is 3. The van der Waals surface area contributed by atoms with Crippen molar-refractivity contribution < 1.29 is 4.39 Å². The number of benzene rings is 1. The first-order chi connectivity index (χ1) is 14.9. The van der Waals surface area contributed by atoms with Crippen LogP contribution in [0.5, 0.6) is 0 Å². The molecule has 1 aliphatic rings.